The molecule has 1 aromatic rings. The second kappa shape index (κ2) is 7.81. The average Bonchev–Trinajstić information content (AvgIpc) is 2.95. The van der Waals surface area contributed by atoms with E-state index < -0.39 is 17.9 Å². The van der Waals surface area contributed by atoms with Crippen molar-refractivity contribution >= 4 is 23.6 Å². The molecule has 0 aromatic heterocycles. The van der Waals surface area contributed by atoms with E-state index in [9.17, 15) is 14.4 Å². The Hall–Kier alpha value is -2.57. The Balaban J connectivity index is 1.99. The van der Waals surface area contributed by atoms with Gasteiger partial charge in [0.25, 0.3) is 0 Å². The van der Waals surface area contributed by atoms with E-state index in [-0.39, 0.29) is 25.5 Å². The lowest BCUT2D eigenvalue weighted by atomic mass is 10.0. The largest absolute Gasteiger partial charge is 0.449 e. The number of amides is 3. The molecule has 0 spiro atoms. The molecule has 1 fully saturated rings. The summed E-state index contributed by atoms with van der Waals surface area (Å²) in [6.45, 7) is 6.34. The van der Waals surface area contributed by atoms with Gasteiger partial charge in [0.05, 0.1) is 12.5 Å². The van der Waals surface area contributed by atoms with Gasteiger partial charge in [-0.3, -0.25) is 15.0 Å². The molecule has 3 amide bonds. The van der Waals surface area contributed by atoms with E-state index in [1.54, 1.807) is 11.8 Å². The minimum Gasteiger partial charge on any atom is -0.449 e. The molecule has 1 aromatic carbocycles. The molecule has 24 heavy (non-hydrogen) atoms. The Morgan fingerprint density at radius 1 is 1.33 bits per heavy atom. The lowest BCUT2D eigenvalue weighted by Gasteiger charge is -2.18. The van der Waals surface area contributed by atoms with Crippen molar-refractivity contribution < 1.29 is 19.1 Å². The number of rotatable bonds is 4. The fourth-order valence-corrected chi connectivity index (χ4v) is 2.57. The molecule has 0 radical (unpaired) electrons. The Labute approximate surface area is 141 Å². The summed E-state index contributed by atoms with van der Waals surface area (Å²) in [5.41, 5.74) is 6.38. The van der Waals surface area contributed by atoms with Crippen LogP contribution in [-0.2, 0) is 14.3 Å². The number of ether oxygens (including phenoxy) is 1. The Kier molecular flexibility index (Phi) is 5.78. The van der Waals surface area contributed by atoms with E-state index >= 15 is 0 Å². The summed E-state index contributed by atoms with van der Waals surface area (Å²) in [5.74, 6) is -0.663. The summed E-state index contributed by atoms with van der Waals surface area (Å²) < 4.78 is 4.66. The third-order valence-electron chi connectivity index (χ3n) is 3.91. The molecule has 130 valence electrons. The quantitative estimate of drug-likeness (QED) is 0.824. The molecular weight excluding hydrogens is 310 g/mol. The fourth-order valence-electron chi connectivity index (χ4n) is 2.57. The molecule has 0 bridgehead atoms. The highest BCUT2D eigenvalue weighted by atomic mass is 16.5. The number of carbonyl (C=O) groups excluding carboxylic acids is 3. The standard InChI is InChI=1S/C17H23N3O4/c1-4-24-17(23)19-18-16(22)13-9-15(21)20(10-13)14-7-5-6-12(8-14)11(2)3/h5-8,11,13H,4,9-10H2,1-3H3,(H,18,22)(H,19,23)/t13-/m0/s1. The molecule has 2 rings (SSSR count). The van der Waals surface area contributed by atoms with E-state index in [1.165, 1.54) is 0 Å². The van der Waals surface area contributed by atoms with Crippen molar-refractivity contribution in [2.75, 3.05) is 18.1 Å². The molecule has 2 N–H and O–H groups in total. The zero-order valence-corrected chi connectivity index (χ0v) is 14.2. The molecule has 1 aliphatic heterocycles. The SMILES string of the molecule is CCOC(=O)NNC(=O)[C@H]1CC(=O)N(c2cccc(C(C)C)c2)C1. The topological polar surface area (TPSA) is 87.7 Å². The predicted octanol–water partition coefficient (Wildman–Crippen LogP) is 1.94. The van der Waals surface area contributed by atoms with Gasteiger partial charge < -0.3 is 9.64 Å². The van der Waals surface area contributed by atoms with E-state index in [1.807, 2.05) is 24.3 Å². The highest BCUT2D eigenvalue weighted by Gasteiger charge is 2.35. The second-order valence-electron chi connectivity index (χ2n) is 5.99. The van der Waals surface area contributed by atoms with Crippen LogP contribution >= 0.6 is 0 Å². The molecule has 0 saturated carbocycles. The second-order valence-corrected chi connectivity index (χ2v) is 5.99. The fraction of sp³-hybridized carbons (Fsp3) is 0.471. The van der Waals surface area contributed by atoms with Crippen molar-refractivity contribution in [2.45, 2.75) is 33.1 Å². The van der Waals surface area contributed by atoms with Gasteiger partial charge in [-0.15, -0.1) is 0 Å². The first-order valence-corrected chi connectivity index (χ1v) is 8.05. The monoisotopic (exact) mass is 333 g/mol. The van der Waals surface area contributed by atoms with Crippen LogP contribution in [0, 0.1) is 5.92 Å². The van der Waals surface area contributed by atoms with Gasteiger partial charge in [-0.25, -0.2) is 10.2 Å². The third-order valence-corrected chi connectivity index (χ3v) is 3.91. The molecule has 1 saturated heterocycles. The van der Waals surface area contributed by atoms with Gasteiger partial charge >= 0.3 is 6.09 Å². The first-order valence-electron chi connectivity index (χ1n) is 8.05. The van der Waals surface area contributed by atoms with Crippen molar-refractivity contribution in [3.05, 3.63) is 29.8 Å². The first-order chi connectivity index (χ1) is 11.4. The van der Waals surface area contributed by atoms with Gasteiger partial charge in [0.15, 0.2) is 0 Å². The summed E-state index contributed by atoms with van der Waals surface area (Å²) >= 11 is 0. The van der Waals surface area contributed by atoms with Crippen LogP contribution < -0.4 is 15.8 Å². The van der Waals surface area contributed by atoms with Gasteiger partial charge in [-0.05, 0) is 30.5 Å². The van der Waals surface area contributed by atoms with Crippen LogP contribution in [0.15, 0.2) is 24.3 Å². The summed E-state index contributed by atoms with van der Waals surface area (Å²) in [4.78, 5) is 37.1. The van der Waals surface area contributed by atoms with Crippen LogP contribution in [0.4, 0.5) is 10.5 Å². The highest BCUT2D eigenvalue weighted by Crippen LogP contribution is 2.27. The zero-order chi connectivity index (χ0) is 17.7. The van der Waals surface area contributed by atoms with E-state index in [0.29, 0.717) is 5.92 Å². The Morgan fingerprint density at radius 3 is 2.75 bits per heavy atom. The highest BCUT2D eigenvalue weighted by molar-refractivity contribution is 6.00. The number of hydrogen-bond donors (Lipinski definition) is 2. The minimum atomic E-state index is -0.725. The number of benzene rings is 1. The number of nitrogens with zero attached hydrogens (tertiary/aromatic N) is 1. The smallest absolute Gasteiger partial charge is 0.426 e. The molecule has 7 heteroatoms. The van der Waals surface area contributed by atoms with Gasteiger partial charge in [0, 0.05) is 18.7 Å². The molecule has 7 nitrogen and oxygen atoms in total. The van der Waals surface area contributed by atoms with Crippen molar-refractivity contribution in [3.8, 4) is 0 Å². The van der Waals surface area contributed by atoms with Crippen LogP contribution in [-0.4, -0.2) is 31.1 Å². The van der Waals surface area contributed by atoms with E-state index in [2.05, 4.69) is 29.4 Å². The lowest BCUT2D eigenvalue weighted by molar-refractivity contribution is -0.127. The number of carbonyl (C=O) groups is 3. The molecule has 1 heterocycles. The van der Waals surface area contributed by atoms with Gasteiger partial charge in [-0.2, -0.15) is 0 Å². The third kappa shape index (κ3) is 4.24. The van der Waals surface area contributed by atoms with Gasteiger partial charge in [0.2, 0.25) is 11.8 Å². The summed E-state index contributed by atoms with van der Waals surface area (Å²) in [7, 11) is 0. The molecule has 1 aliphatic rings. The number of nitrogens with one attached hydrogen (secondary N) is 2. The molecule has 1 atom stereocenters. The zero-order valence-electron chi connectivity index (χ0n) is 14.2. The molecule has 0 unspecified atom stereocenters. The average molecular weight is 333 g/mol. The first kappa shape index (κ1) is 17.8. The van der Waals surface area contributed by atoms with Crippen molar-refractivity contribution in [1.82, 2.24) is 10.9 Å². The maximum absolute atomic E-state index is 12.2. The van der Waals surface area contributed by atoms with E-state index in [4.69, 9.17) is 0 Å². The number of anilines is 1. The maximum Gasteiger partial charge on any atom is 0.426 e. The Morgan fingerprint density at radius 2 is 2.08 bits per heavy atom. The Bertz CT molecular complexity index is 630. The van der Waals surface area contributed by atoms with Crippen LogP contribution in [0.5, 0.6) is 0 Å². The molecular formula is C17H23N3O4. The number of hydrazine groups is 1. The normalized spacial score (nSPS) is 17.1. The van der Waals surface area contributed by atoms with Crippen LogP contribution in [0.3, 0.4) is 0 Å². The van der Waals surface area contributed by atoms with Crippen LogP contribution in [0.2, 0.25) is 0 Å². The predicted molar refractivity (Wildman–Crippen MR) is 89.3 cm³/mol. The minimum absolute atomic E-state index is 0.104. The summed E-state index contributed by atoms with van der Waals surface area (Å²) in [6.07, 6.45) is -0.612. The van der Waals surface area contributed by atoms with Gasteiger partial charge in [-0.1, -0.05) is 26.0 Å². The number of hydrogen-bond acceptors (Lipinski definition) is 4. The van der Waals surface area contributed by atoms with E-state index in [0.717, 1.165) is 11.3 Å². The van der Waals surface area contributed by atoms with Crippen LogP contribution in [0.1, 0.15) is 38.7 Å². The van der Waals surface area contributed by atoms with Crippen molar-refractivity contribution in [1.29, 1.82) is 0 Å². The summed E-state index contributed by atoms with van der Waals surface area (Å²) in [5, 5.41) is 0. The summed E-state index contributed by atoms with van der Waals surface area (Å²) in [6, 6.07) is 7.76. The van der Waals surface area contributed by atoms with Crippen molar-refractivity contribution in [3.63, 3.8) is 0 Å². The van der Waals surface area contributed by atoms with Crippen molar-refractivity contribution in [2.24, 2.45) is 5.92 Å². The maximum atomic E-state index is 12.2. The molecule has 0 aliphatic carbocycles. The van der Waals surface area contributed by atoms with Gasteiger partial charge in [0.1, 0.15) is 0 Å². The lowest BCUT2D eigenvalue weighted by Crippen LogP contribution is -2.45. The van der Waals surface area contributed by atoms with Crippen LogP contribution in [0.25, 0.3) is 0 Å².